The van der Waals surface area contributed by atoms with Crippen molar-refractivity contribution >= 4 is 0 Å². The molecule has 3 fully saturated rings. The largest absolute Gasteiger partial charge is 0.491 e. The Morgan fingerprint density at radius 2 is 0.972 bits per heavy atom. The van der Waals surface area contributed by atoms with Crippen molar-refractivity contribution in [3.63, 3.8) is 0 Å². The monoisotopic (exact) mass is 496 g/mol. The second-order valence-corrected chi connectivity index (χ2v) is 10.5. The molecule has 0 amide bonds. The van der Waals surface area contributed by atoms with Crippen LogP contribution in [0.4, 0.5) is 0 Å². The summed E-state index contributed by atoms with van der Waals surface area (Å²) in [6.45, 7) is 5.16. The van der Waals surface area contributed by atoms with Crippen molar-refractivity contribution in [3.8, 4) is 11.5 Å². The predicted molar refractivity (Wildman–Crippen MR) is 138 cm³/mol. The molecule has 6 heteroatoms. The summed E-state index contributed by atoms with van der Waals surface area (Å²) >= 11 is 0. The molecular weight excluding hydrogens is 456 g/mol. The number of hydrogen-bond acceptors (Lipinski definition) is 6. The Morgan fingerprint density at radius 3 is 1.25 bits per heavy atom. The summed E-state index contributed by atoms with van der Waals surface area (Å²) in [6, 6.07) is 17.3. The van der Waals surface area contributed by atoms with Crippen LogP contribution in [0, 0.1) is 0 Å². The average molecular weight is 497 g/mol. The molecule has 2 saturated heterocycles. The van der Waals surface area contributed by atoms with Crippen LogP contribution in [-0.2, 0) is 18.9 Å². The molecule has 2 aliphatic heterocycles. The quantitative estimate of drug-likeness (QED) is 0.362. The predicted octanol–water partition coefficient (Wildman–Crippen LogP) is 5.49. The van der Waals surface area contributed by atoms with Gasteiger partial charge in [0.25, 0.3) is 0 Å². The Hall–Kier alpha value is -2.12. The highest BCUT2D eigenvalue weighted by molar-refractivity contribution is 5.32. The summed E-state index contributed by atoms with van der Waals surface area (Å²) in [7, 11) is 3.43. The lowest BCUT2D eigenvalue weighted by Gasteiger charge is -2.29. The average Bonchev–Trinajstić information content (AvgIpc) is 3.84. The van der Waals surface area contributed by atoms with Gasteiger partial charge in [0.2, 0.25) is 0 Å². The van der Waals surface area contributed by atoms with Crippen molar-refractivity contribution in [2.24, 2.45) is 0 Å². The van der Waals surface area contributed by atoms with E-state index in [4.69, 9.17) is 28.4 Å². The van der Waals surface area contributed by atoms with Crippen LogP contribution in [0.1, 0.15) is 62.5 Å². The van der Waals surface area contributed by atoms with Gasteiger partial charge in [0.15, 0.2) is 0 Å². The first-order valence-electron chi connectivity index (χ1n) is 13.4. The third kappa shape index (κ3) is 6.23. The van der Waals surface area contributed by atoms with E-state index < -0.39 is 0 Å². The Bertz CT molecular complexity index is 873. The Labute approximate surface area is 215 Å². The van der Waals surface area contributed by atoms with Crippen LogP contribution in [0.5, 0.6) is 11.5 Å². The number of hydrogen-bond donors (Lipinski definition) is 0. The van der Waals surface area contributed by atoms with Gasteiger partial charge in [-0.25, -0.2) is 0 Å². The third-order valence-corrected chi connectivity index (χ3v) is 8.11. The van der Waals surface area contributed by atoms with E-state index in [1.807, 2.05) is 0 Å². The fraction of sp³-hybridized carbons (Fsp3) is 0.600. The lowest BCUT2D eigenvalue weighted by molar-refractivity contribution is 0.0373. The second kappa shape index (κ2) is 11.5. The van der Waals surface area contributed by atoms with Crippen molar-refractivity contribution in [1.29, 1.82) is 0 Å². The normalized spacial score (nSPS) is 30.9. The first-order chi connectivity index (χ1) is 17.6. The molecule has 6 unspecified atom stereocenters. The van der Waals surface area contributed by atoms with E-state index in [1.165, 1.54) is 36.8 Å². The third-order valence-electron chi connectivity index (χ3n) is 8.11. The van der Waals surface area contributed by atoms with E-state index in [0.717, 1.165) is 11.5 Å². The number of benzene rings is 2. The van der Waals surface area contributed by atoms with Gasteiger partial charge in [-0.15, -0.1) is 0 Å². The molecule has 2 heterocycles. The van der Waals surface area contributed by atoms with Crippen molar-refractivity contribution < 1.29 is 28.4 Å². The molecule has 0 N–H and O–H groups in total. The fourth-order valence-electron chi connectivity index (χ4n) is 5.57. The number of rotatable bonds is 12. The van der Waals surface area contributed by atoms with Crippen LogP contribution >= 0.6 is 0 Å². The first-order valence-corrected chi connectivity index (χ1v) is 13.4. The van der Waals surface area contributed by atoms with Gasteiger partial charge < -0.3 is 28.4 Å². The van der Waals surface area contributed by atoms with Gasteiger partial charge in [0, 0.05) is 14.2 Å². The molecule has 0 bridgehead atoms. The minimum Gasteiger partial charge on any atom is -0.491 e. The minimum atomic E-state index is -0.0148. The maximum atomic E-state index is 5.96. The van der Waals surface area contributed by atoms with Crippen molar-refractivity contribution in [2.75, 3.05) is 27.4 Å². The lowest BCUT2D eigenvalue weighted by atomic mass is 9.76. The van der Waals surface area contributed by atoms with Crippen LogP contribution < -0.4 is 9.47 Å². The summed E-state index contributed by atoms with van der Waals surface area (Å²) in [5.74, 6) is 3.01. The van der Waals surface area contributed by atoms with Crippen LogP contribution in [0.25, 0.3) is 0 Å². The highest BCUT2D eigenvalue weighted by Crippen LogP contribution is 2.41. The summed E-state index contributed by atoms with van der Waals surface area (Å²) in [5, 5.41) is 0. The van der Waals surface area contributed by atoms with Gasteiger partial charge in [-0.05, 0) is 86.8 Å². The minimum absolute atomic E-state index is 0.0148. The summed E-state index contributed by atoms with van der Waals surface area (Å²) in [6.07, 6.45) is 5.65. The molecule has 2 aromatic carbocycles. The summed E-state index contributed by atoms with van der Waals surface area (Å²) < 4.78 is 34.0. The van der Waals surface area contributed by atoms with Gasteiger partial charge in [0.05, 0.1) is 12.2 Å². The molecule has 196 valence electrons. The molecule has 5 rings (SSSR count). The zero-order valence-corrected chi connectivity index (χ0v) is 21.9. The Kier molecular flexibility index (Phi) is 8.16. The van der Waals surface area contributed by atoms with E-state index in [-0.39, 0.29) is 36.6 Å². The van der Waals surface area contributed by atoms with Gasteiger partial charge in [-0.3, -0.25) is 0 Å². The molecule has 0 aromatic heterocycles. The summed E-state index contributed by atoms with van der Waals surface area (Å²) in [4.78, 5) is 0. The van der Waals surface area contributed by atoms with Gasteiger partial charge in [0.1, 0.15) is 49.1 Å². The zero-order valence-electron chi connectivity index (χ0n) is 21.9. The summed E-state index contributed by atoms with van der Waals surface area (Å²) in [5.41, 5.74) is 2.82. The smallest absolute Gasteiger partial charge is 0.120 e. The van der Waals surface area contributed by atoms with E-state index in [0.29, 0.717) is 25.0 Å². The Balaban J connectivity index is 1.06. The second-order valence-electron chi connectivity index (χ2n) is 10.5. The van der Waals surface area contributed by atoms with Gasteiger partial charge >= 0.3 is 0 Å². The fourth-order valence-corrected chi connectivity index (χ4v) is 5.57. The van der Waals surface area contributed by atoms with Crippen LogP contribution in [0.15, 0.2) is 48.5 Å². The maximum absolute atomic E-state index is 5.96. The van der Waals surface area contributed by atoms with Crippen LogP contribution in [0.2, 0.25) is 0 Å². The maximum Gasteiger partial charge on any atom is 0.120 e. The standard InChI is InChI=1S/C30H40O6/c1-19-29(35-19)27(31-3)17-33-25-13-9-23(10-14-25)21-5-7-22(8-6-21)24-11-15-26(16-12-24)34-18-28(32-4)30-20(2)36-30/h9-16,19-22,27-30H,5-8,17-18H2,1-4H3. The van der Waals surface area contributed by atoms with Crippen molar-refractivity contribution in [1.82, 2.24) is 0 Å². The number of methoxy groups -OCH3 is 2. The van der Waals surface area contributed by atoms with Crippen molar-refractivity contribution in [3.05, 3.63) is 59.7 Å². The molecular formula is C30H40O6. The highest BCUT2D eigenvalue weighted by atomic mass is 16.6. The number of epoxide rings is 2. The molecule has 0 spiro atoms. The number of ether oxygens (including phenoxy) is 6. The molecule has 3 aliphatic rings. The molecule has 1 saturated carbocycles. The van der Waals surface area contributed by atoms with E-state index >= 15 is 0 Å². The van der Waals surface area contributed by atoms with Crippen LogP contribution in [0.3, 0.4) is 0 Å². The SMILES string of the molecule is COC(COc1ccc(C2CCC(c3ccc(OCC(OC)C4OC4C)cc3)CC2)cc1)C1OC1C. The molecule has 0 radical (unpaired) electrons. The Morgan fingerprint density at radius 1 is 0.639 bits per heavy atom. The molecule has 36 heavy (non-hydrogen) atoms. The van der Waals surface area contributed by atoms with Gasteiger partial charge in [-0.1, -0.05) is 24.3 Å². The highest BCUT2D eigenvalue weighted by Gasteiger charge is 2.42. The van der Waals surface area contributed by atoms with E-state index in [9.17, 15) is 0 Å². The van der Waals surface area contributed by atoms with E-state index in [2.05, 4.69) is 62.4 Å². The zero-order chi connectivity index (χ0) is 25.1. The first kappa shape index (κ1) is 25.5. The van der Waals surface area contributed by atoms with Crippen molar-refractivity contribution in [2.45, 2.75) is 88.0 Å². The van der Waals surface area contributed by atoms with Crippen LogP contribution in [-0.4, -0.2) is 64.1 Å². The topological polar surface area (TPSA) is 62.0 Å². The molecule has 2 aromatic rings. The lowest BCUT2D eigenvalue weighted by Crippen LogP contribution is -2.27. The molecule has 6 nitrogen and oxygen atoms in total. The van der Waals surface area contributed by atoms with E-state index in [1.54, 1.807) is 14.2 Å². The van der Waals surface area contributed by atoms with Gasteiger partial charge in [-0.2, -0.15) is 0 Å². The molecule has 1 aliphatic carbocycles. The molecule has 6 atom stereocenters.